The number of nitrogens with one attached hydrogen (secondary N) is 1. The van der Waals surface area contributed by atoms with E-state index in [1.807, 2.05) is 6.92 Å². The number of sulfonamides is 1. The first-order valence-corrected chi connectivity index (χ1v) is 12.0. The maximum Gasteiger partial charge on any atom is 0.255 e. The minimum absolute atomic E-state index is 0.0805. The van der Waals surface area contributed by atoms with Crippen molar-refractivity contribution in [2.45, 2.75) is 37.1 Å². The zero-order valence-corrected chi connectivity index (χ0v) is 19.7. The van der Waals surface area contributed by atoms with E-state index in [2.05, 4.69) is 5.32 Å². The molecule has 3 rings (SSSR count). The van der Waals surface area contributed by atoms with E-state index in [9.17, 15) is 13.2 Å². The molecule has 1 saturated heterocycles. The molecule has 1 aliphatic rings. The Hall–Kier alpha value is -2.78. The number of hydrogen-bond donors (Lipinski definition) is 1. The molecule has 32 heavy (non-hydrogen) atoms. The van der Waals surface area contributed by atoms with Crippen LogP contribution in [-0.4, -0.2) is 53.0 Å². The van der Waals surface area contributed by atoms with Crippen LogP contribution < -0.4 is 19.5 Å². The quantitative estimate of drug-likeness (QED) is 0.646. The number of piperidine rings is 1. The first-order chi connectivity index (χ1) is 15.3. The van der Waals surface area contributed by atoms with Gasteiger partial charge in [-0.1, -0.05) is 6.42 Å². The molecule has 1 amide bonds. The second kappa shape index (κ2) is 10.2. The maximum atomic E-state index is 13.1. The highest BCUT2D eigenvalue weighted by Gasteiger charge is 2.28. The molecular weight excluding hydrogens is 432 g/mol. The molecule has 1 heterocycles. The molecule has 0 radical (unpaired) electrons. The Kier molecular flexibility index (Phi) is 7.63. The predicted molar refractivity (Wildman–Crippen MR) is 121 cm³/mol. The molecule has 2 aromatic rings. The largest absolute Gasteiger partial charge is 0.497 e. The molecule has 0 bridgehead atoms. The Morgan fingerprint density at radius 1 is 0.938 bits per heavy atom. The molecule has 1 fully saturated rings. The molecule has 0 spiro atoms. The van der Waals surface area contributed by atoms with Crippen LogP contribution in [0.5, 0.6) is 17.2 Å². The molecule has 1 unspecified atom stereocenters. The molecule has 2 aromatic carbocycles. The van der Waals surface area contributed by atoms with Gasteiger partial charge in [0.05, 0.1) is 37.8 Å². The topological polar surface area (TPSA) is 94.2 Å². The Labute approximate surface area is 189 Å². The van der Waals surface area contributed by atoms with Gasteiger partial charge in [0.15, 0.2) is 0 Å². The van der Waals surface area contributed by atoms with Crippen molar-refractivity contribution in [2.24, 2.45) is 0 Å². The maximum absolute atomic E-state index is 13.1. The van der Waals surface area contributed by atoms with Crippen molar-refractivity contribution in [1.29, 1.82) is 0 Å². The van der Waals surface area contributed by atoms with E-state index in [1.54, 1.807) is 32.4 Å². The van der Waals surface area contributed by atoms with Gasteiger partial charge < -0.3 is 19.5 Å². The molecule has 8 nitrogen and oxygen atoms in total. The molecule has 1 N–H and O–H groups in total. The number of ether oxygens (including phenoxy) is 3. The lowest BCUT2D eigenvalue weighted by molar-refractivity contribution is 0.0936. The van der Waals surface area contributed by atoms with E-state index in [4.69, 9.17) is 14.2 Å². The monoisotopic (exact) mass is 462 g/mol. The second-order valence-electron chi connectivity index (χ2n) is 7.63. The molecular formula is C23H30N2O6S. The summed E-state index contributed by atoms with van der Waals surface area (Å²) in [4.78, 5) is 13.2. The Morgan fingerprint density at radius 2 is 1.59 bits per heavy atom. The van der Waals surface area contributed by atoms with Crippen LogP contribution >= 0.6 is 0 Å². The number of benzene rings is 2. The van der Waals surface area contributed by atoms with Gasteiger partial charge in [0.1, 0.15) is 17.2 Å². The lowest BCUT2D eigenvalue weighted by Crippen LogP contribution is -2.35. The van der Waals surface area contributed by atoms with Gasteiger partial charge in [-0.2, -0.15) is 4.31 Å². The number of carbonyl (C=O) groups is 1. The smallest absolute Gasteiger partial charge is 0.255 e. The van der Waals surface area contributed by atoms with Crippen LogP contribution in [0, 0.1) is 0 Å². The van der Waals surface area contributed by atoms with Gasteiger partial charge in [0.25, 0.3) is 5.91 Å². The van der Waals surface area contributed by atoms with E-state index in [0.717, 1.165) is 24.8 Å². The number of methoxy groups -OCH3 is 3. The van der Waals surface area contributed by atoms with Crippen molar-refractivity contribution in [2.75, 3.05) is 34.4 Å². The second-order valence-corrected chi connectivity index (χ2v) is 9.57. The van der Waals surface area contributed by atoms with Gasteiger partial charge in [-0.3, -0.25) is 4.79 Å². The summed E-state index contributed by atoms with van der Waals surface area (Å²) in [6.45, 7) is 2.79. The first-order valence-electron chi connectivity index (χ1n) is 10.5. The summed E-state index contributed by atoms with van der Waals surface area (Å²) in [5, 5.41) is 2.91. The third kappa shape index (κ3) is 4.99. The van der Waals surface area contributed by atoms with Crippen molar-refractivity contribution in [3.05, 3.63) is 47.5 Å². The summed E-state index contributed by atoms with van der Waals surface area (Å²) in [6, 6.07) is 9.28. The fraction of sp³-hybridized carbons (Fsp3) is 0.435. The summed E-state index contributed by atoms with van der Waals surface area (Å²) in [5.41, 5.74) is 0.885. The summed E-state index contributed by atoms with van der Waals surface area (Å²) >= 11 is 0. The van der Waals surface area contributed by atoms with E-state index in [0.29, 0.717) is 30.3 Å². The normalized spacial score (nSPS) is 15.6. The molecule has 1 aliphatic heterocycles. The summed E-state index contributed by atoms with van der Waals surface area (Å²) < 4.78 is 43.7. The molecule has 0 saturated carbocycles. The van der Waals surface area contributed by atoms with E-state index >= 15 is 0 Å². The van der Waals surface area contributed by atoms with Crippen LogP contribution in [0.25, 0.3) is 0 Å². The highest BCUT2D eigenvalue weighted by Crippen LogP contribution is 2.31. The summed E-state index contributed by atoms with van der Waals surface area (Å²) in [5.74, 6) is 1.08. The molecule has 174 valence electrons. The minimum Gasteiger partial charge on any atom is -0.497 e. The number of nitrogens with zero attached hydrogens (tertiary/aromatic N) is 1. The highest BCUT2D eigenvalue weighted by atomic mass is 32.2. The van der Waals surface area contributed by atoms with Crippen LogP contribution in [0.3, 0.4) is 0 Å². The van der Waals surface area contributed by atoms with Crippen molar-refractivity contribution in [1.82, 2.24) is 9.62 Å². The number of rotatable bonds is 8. The number of carbonyl (C=O) groups excluding carboxylic acids is 1. The summed E-state index contributed by atoms with van der Waals surface area (Å²) in [7, 11) is 0.879. The molecule has 0 aromatic heterocycles. The van der Waals surface area contributed by atoms with Crippen molar-refractivity contribution < 1.29 is 27.4 Å². The molecule has 1 atom stereocenters. The van der Waals surface area contributed by atoms with Crippen molar-refractivity contribution >= 4 is 15.9 Å². The van der Waals surface area contributed by atoms with Crippen LogP contribution in [0.2, 0.25) is 0 Å². The average molecular weight is 463 g/mol. The fourth-order valence-electron chi connectivity index (χ4n) is 3.81. The first kappa shape index (κ1) is 23.9. The van der Waals surface area contributed by atoms with Gasteiger partial charge in [-0.05, 0) is 56.2 Å². The van der Waals surface area contributed by atoms with Crippen LogP contribution in [0.1, 0.15) is 48.1 Å². The van der Waals surface area contributed by atoms with Gasteiger partial charge in [-0.25, -0.2) is 8.42 Å². The van der Waals surface area contributed by atoms with Gasteiger partial charge in [0, 0.05) is 18.7 Å². The fourth-order valence-corrected chi connectivity index (χ4v) is 5.35. The number of amides is 1. The zero-order valence-electron chi connectivity index (χ0n) is 18.9. The minimum atomic E-state index is -3.68. The summed E-state index contributed by atoms with van der Waals surface area (Å²) in [6.07, 6.45) is 2.69. The van der Waals surface area contributed by atoms with Crippen LogP contribution in [0.15, 0.2) is 41.3 Å². The Morgan fingerprint density at radius 3 is 2.22 bits per heavy atom. The van der Waals surface area contributed by atoms with Gasteiger partial charge in [0.2, 0.25) is 10.0 Å². The lowest BCUT2D eigenvalue weighted by Gasteiger charge is -2.26. The molecule has 0 aliphatic carbocycles. The van der Waals surface area contributed by atoms with Crippen LogP contribution in [-0.2, 0) is 10.0 Å². The third-order valence-corrected chi connectivity index (χ3v) is 7.51. The van der Waals surface area contributed by atoms with Crippen LogP contribution in [0.4, 0.5) is 0 Å². The molecule has 9 heteroatoms. The Bertz CT molecular complexity index is 1060. The predicted octanol–water partition coefficient (Wildman–Crippen LogP) is 3.38. The lowest BCUT2D eigenvalue weighted by atomic mass is 10.1. The van der Waals surface area contributed by atoms with Crippen molar-refractivity contribution in [3.63, 3.8) is 0 Å². The van der Waals surface area contributed by atoms with Gasteiger partial charge in [-0.15, -0.1) is 0 Å². The van der Waals surface area contributed by atoms with Crippen molar-refractivity contribution in [3.8, 4) is 17.2 Å². The van der Waals surface area contributed by atoms with Gasteiger partial charge >= 0.3 is 0 Å². The Balaban J connectivity index is 1.90. The third-order valence-electron chi connectivity index (χ3n) is 5.62. The standard InChI is InChI=1S/C23H30N2O6S/c1-16(19-14-17(29-2)8-10-21(19)30-3)24-23(26)20-15-18(9-11-22(20)31-4)32(27,28)25-12-6-5-7-13-25/h8-11,14-16H,5-7,12-13H2,1-4H3,(H,24,26). The zero-order chi connectivity index (χ0) is 23.3. The average Bonchev–Trinajstić information content (AvgIpc) is 2.83. The van der Waals surface area contributed by atoms with E-state index in [-0.39, 0.29) is 10.5 Å². The SMILES string of the molecule is COc1ccc(OC)c(C(C)NC(=O)c2cc(S(=O)(=O)N3CCCCC3)ccc2OC)c1. The van der Waals surface area contributed by atoms with E-state index < -0.39 is 22.0 Å². The van der Waals surface area contributed by atoms with E-state index in [1.165, 1.54) is 29.6 Å². The number of hydrogen-bond acceptors (Lipinski definition) is 6. The highest BCUT2D eigenvalue weighted by molar-refractivity contribution is 7.89.